The fourth-order valence-corrected chi connectivity index (χ4v) is 4.28. The molecule has 154 valence electrons. The molecule has 0 amide bonds. The molecular weight excluding hydrogens is 479 g/mol. The fraction of sp³-hybridized carbons (Fsp3) is 0.381. The van der Waals surface area contributed by atoms with Crippen LogP contribution in [0.1, 0.15) is 30.6 Å². The van der Waals surface area contributed by atoms with E-state index < -0.39 is 11.4 Å². The van der Waals surface area contributed by atoms with Gasteiger partial charge in [0.15, 0.2) is 16.7 Å². The number of rotatable bonds is 7. The molecule has 3 unspecified atom stereocenters. The topological polar surface area (TPSA) is 49.4 Å². The Labute approximate surface area is 188 Å². The van der Waals surface area contributed by atoms with Gasteiger partial charge in [0.25, 0.3) is 0 Å². The average Bonchev–Trinajstić information content (AvgIpc) is 3.36. The Morgan fingerprint density at radius 2 is 2.03 bits per heavy atom. The highest BCUT2D eigenvalue weighted by Gasteiger charge is 2.39. The monoisotopic (exact) mass is 498 g/mol. The second-order valence-corrected chi connectivity index (χ2v) is 8.96. The zero-order chi connectivity index (χ0) is 20.3. The Balaban J connectivity index is 1.50. The number of nitrogens with zero attached hydrogens (tertiary/aromatic N) is 2. The van der Waals surface area contributed by atoms with E-state index in [1.54, 1.807) is 18.6 Å². The van der Waals surface area contributed by atoms with Gasteiger partial charge in [-0.05, 0) is 65.0 Å². The van der Waals surface area contributed by atoms with Crippen LogP contribution in [0.25, 0.3) is 0 Å². The van der Waals surface area contributed by atoms with E-state index in [0.717, 1.165) is 31.4 Å². The van der Waals surface area contributed by atoms with Gasteiger partial charge in [-0.1, -0.05) is 35.3 Å². The molecule has 3 aromatic rings. The number of furan rings is 1. The zero-order valence-electron chi connectivity index (χ0n) is 15.6. The molecule has 1 aliphatic rings. The molecule has 5 nitrogen and oxygen atoms in total. The van der Waals surface area contributed by atoms with Crippen molar-refractivity contribution >= 4 is 39.1 Å². The summed E-state index contributed by atoms with van der Waals surface area (Å²) in [6, 6.07) is 11.2. The number of ether oxygens (including phenoxy) is 2. The van der Waals surface area contributed by atoms with Crippen molar-refractivity contribution in [2.24, 2.45) is 0 Å². The van der Waals surface area contributed by atoms with Crippen LogP contribution in [0.2, 0.25) is 5.02 Å². The van der Waals surface area contributed by atoms with Gasteiger partial charge in [-0.2, -0.15) is 0 Å². The standard InChI is InChI=1S/C21H21BrCl2N2O3/c22-19-9-8-18(28-19)21(24,12-15-4-6-16(23)7-5-15)29-20-3-1-2-17(27-20)13-26-11-10-25-14-26/h4-11,14,17,20H,1-3,12-13H2. The lowest BCUT2D eigenvalue weighted by Crippen LogP contribution is -2.38. The highest BCUT2D eigenvalue weighted by molar-refractivity contribution is 9.10. The summed E-state index contributed by atoms with van der Waals surface area (Å²) < 4.78 is 20.9. The highest BCUT2D eigenvalue weighted by atomic mass is 79.9. The molecule has 0 aliphatic carbocycles. The quantitative estimate of drug-likeness (QED) is 0.366. The van der Waals surface area contributed by atoms with Crippen molar-refractivity contribution in [3.8, 4) is 0 Å². The SMILES string of the molecule is Clc1ccc(CC(Cl)(OC2CCCC(Cn3ccnc3)O2)c2ccc(Br)o2)cc1. The van der Waals surface area contributed by atoms with Gasteiger partial charge in [-0.25, -0.2) is 4.98 Å². The molecule has 1 aromatic carbocycles. The maximum Gasteiger partial charge on any atom is 0.206 e. The number of imidazole rings is 1. The van der Waals surface area contributed by atoms with Gasteiger partial charge in [0.05, 0.1) is 12.4 Å². The Morgan fingerprint density at radius 3 is 2.72 bits per heavy atom. The summed E-state index contributed by atoms with van der Waals surface area (Å²) in [5.41, 5.74) is 0.989. The number of halogens is 3. The van der Waals surface area contributed by atoms with Crippen molar-refractivity contribution in [2.75, 3.05) is 0 Å². The van der Waals surface area contributed by atoms with Crippen LogP contribution in [0.5, 0.6) is 0 Å². The summed E-state index contributed by atoms with van der Waals surface area (Å²) in [6.45, 7) is 0.735. The van der Waals surface area contributed by atoms with E-state index in [1.165, 1.54) is 0 Å². The van der Waals surface area contributed by atoms with Crippen LogP contribution in [0.15, 0.2) is 64.2 Å². The van der Waals surface area contributed by atoms with E-state index in [4.69, 9.17) is 37.1 Å². The van der Waals surface area contributed by atoms with Crippen LogP contribution in [0, 0.1) is 0 Å². The summed E-state index contributed by atoms with van der Waals surface area (Å²) >= 11 is 16.4. The van der Waals surface area contributed by atoms with Crippen LogP contribution < -0.4 is 0 Å². The second-order valence-electron chi connectivity index (χ2n) is 7.13. The van der Waals surface area contributed by atoms with Crippen molar-refractivity contribution in [1.82, 2.24) is 9.55 Å². The number of hydrogen-bond acceptors (Lipinski definition) is 4. The Kier molecular flexibility index (Phi) is 6.66. The van der Waals surface area contributed by atoms with E-state index in [1.807, 2.05) is 41.1 Å². The minimum Gasteiger partial charge on any atom is -0.450 e. The first-order chi connectivity index (χ1) is 14.0. The first kappa shape index (κ1) is 20.9. The van der Waals surface area contributed by atoms with Gasteiger partial charge in [0.1, 0.15) is 0 Å². The van der Waals surface area contributed by atoms with Gasteiger partial charge in [-0.3, -0.25) is 0 Å². The lowest BCUT2D eigenvalue weighted by atomic mass is 10.0. The Morgan fingerprint density at radius 1 is 1.21 bits per heavy atom. The summed E-state index contributed by atoms with van der Waals surface area (Å²) in [7, 11) is 0. The molecule has 3 atom stereocenters. The lowest BCUT2D eigenvalue weighted by Gasteiger charge is -2.35. The Hall–Kier alpha value is -1.31. The molecule has 4 rings (SSSR count). The third kappa shape index (κ3) is 5.44. The van der Waals surface area contributed by atoms with Crippen molar-refractivity contribution in [2.45, 2.75) is 49.7 Å². The molecule has 0 saturated carbocycles. The lowest BCUT2D eigenvalue weighted by molar-refractivity contribution is -0.233. The van der Waals surface area contributed by atoms with Gasteiger partial charge >= 0.3 is 0 Å². The molecule has 1 aliphatic heterocycles. The van der Waals surface area contributed by atoms with Crippen molar-refractivity contribution in [3.63, 3.8) is 0 Å². The molecule has 3 heterocycles. The smallest absolute Gasteiger partial charge is 0.206 e. The fourth-order valence-electron chi connectivity index (χ4n) is 3.49. The molecule has 2 aromatic heterocycles. The molecule has 29 heavy (non-hydrogen) atoms. The van der Waals surface area contributed by atoms with Crippen LogP contribution in [-0.2, 0) is 27.5 Å². The molecule has 0 spiro atoms. The molecule has 0 radical (unpaired) electrons. The van der Waals surface area contributed by atoms with Crippen LogP contribution in [-0.4, -0.2) is 21.9 Å². The molecular formula is C21H21BrCl2N2O3. The van der Waals surface area contributed by atoms with Gasteiger partial charge in [0.2, 0.25) is 5.06 Å². The first-order valence-corrected chi connectivity index (χ1v) is 11.0. The number of benzene rings is 1. The minimum absolute atomic E-state index is 0.0442. The number of alkyl halides is 1. The van der Waals surface area contributed by atoms with E-state index in [0.29, 0.717) is 21.9 Å². The van der Waals surface area contributed by atoms with E-state index in [9.17, 15) is 0 Å². The third-order valence-electron chi connectivity index (χ3n) is 4.89. The van der Waals surface area contributed by atoms with Gasteiger partial charge < -0.3 is 18.5 Å². The molecule has 0 N–H and O–H groups in total. The van der Waals surface area contributed by atoms with Gasteiger partial charge in [-0.15, -0.1) is 0 Å². The van der Waals surface area contributed by atoms with Crippen LogP contribution >= 0.6 is 39.1 Å². The largest absolute Gasteiger partial charge is 0.450 e. The average molecular weight is 500 g/mol. The summed E-state index contributed by atoms with van der Waals surface area (Å²) in [5, 5.41) is -0.518. The zero-order valence-corrected chi connectivity index (χ0v) is 18.7. The van der Waals surface area contributed by atoms with Crippen LogP contribution in [0.3, 0.4) is 0 Å². The molecule has 8 heteroatoms. The first-order valence-electron chi connectivity index (χ1n) is 9.48. The highest BCUT2D eigenvalue weighted by Crippen LogP contribution is 2.40. The van der Waals surface area contributed by atoms with Crippen molar-refractivity contribution < 1.29 is 13.9 Å². The molecule has 1 saturated heterocycles. The minimum atomic E-state index is -1.19. The number of hydrogen-bond donors (Lipinski definition) is 0. The predicted molar refractivity (Wildman–Crippen MR) is 115 cm³/mol. The predicted octanol–water partition coefficient (Wildman–Crippen LogP) is 6.14. The molecule has 1 fully saturated rings. The normalized spacial score (nSPS) is 21.8. The maximum atomic E-state index is 7.01. The third-order valence-corrected chi connectivity index (χ3v) is 5.98. The molecule has 0 bridgehead atoms. The van der Waals surface area contributed by atoms with Crippen molar-refractivity contribution in [3.05, 3.63) is 76.1 Å². The van der Waals surface area contributed by atoms with Crippen molar-refractivity contribution in [1.29, 1.82) is 0 Å². The van der Waals surface area contributed by atoms with E-state index in [2.05, 4.69) is 20.9 Å². The summed E-state index contributed by atoms with van der Waals surface area (Å²) in [6.07, 6.45) is 8.27. The maximum absolute atomic E-state index is 7.01. The van der Waals surface area contributed by atoms with Gasteiger partial charge in [0, 0.05) is 30.4 Å². The Bertz CT molecular complexity index is 916. The number of aromatic nitrogens is 2. The summed E-state index contributed by atoms with van der Waals surface area (Å²) in [4.78, 5) is 4.09. The van der Waals surface area contributed by atoms with Crippen LogP contribution in [0.4, 0.5) is 0 Å². The second kappa shape index (κ2) is 9.23. The summed E-state index contributed by atoms with van der Waals surface area (Å²) in [5.74, 6) is 0.529. The van der Waals surface area contributed by atoms with E-state index in [-0.39, 0.29) is 6.10 Å². The van der Waals surface area contributed by atoms with E-state index >= 15 is 0 Å².